The van der Waals surface area contributed by atoms with E-state index < -0.39 is 0 Å². The molecule has 1 N–H and O–H groups in total. The van der Waals surface area contributed by atoms with E-state index in [2.05, 4.69) is 5.32 Å². The molecule has 0 saturated heterocycles. The topological polar surface area (TPSA) is 56.8 Å². The Bertz CT molecular complexity index is 700. The fourth-order valence-corrected chi connectivity index (χ4v) is 2.45. The molecular formula is C19H23NO4. The molecule has 0 bridgehead atoms. The SMILES string of the molecule is COCc1cccc(C(=O)NC(C)c2ccc(OC)c(OC)c2)c1. The Hall–Kier alpha value is -2.53. The van der Waals surface area contributed by atoms with E-state index in [1.165, 1.54) is 0 Å². The van der Waals surface area contributed by atoms with Crippen molar-refractivity contribution in [3.05, 3.63) is 59.2 Å². The molecule has 0 radical (unpaired) electrons. The van der Waals surface area contributed by atoms with E-state index in [4.69, 9.17) is 14.2 Å². The van der Waals surface area contributed by atoms with Gasteiger partial charge >= 0.3 is 0 Å². The highest BCUT2D eigenvalue weighted by Gasteiger charge is 2.14. The van der Waals surface area contributed by atoms with Gasteiger partial charge in [0.2, 0.25) is 0 Å². The van der Waals surface area contributed by atoms with Crippen LogP contribution in [0.4, 0.5) is 0 Å². The van der Waals surface area contributed by atoms with E-state index in [1.807, 2.05) is 43.3 Å². The maximum Gasteiger partial charge on any atom is 0.251 e. The molecule has 2 rings (SSSR count). The third-order valence-electron chi connectivity index (χ3n) is 3.76. The Morgan fingerprint density at radius 2 is 1.79 bits per heavy atom. The van der Waals surface area contributed by atoms with Crippen LogP contribution in [0.25, 0.3) is 0 Å². The van der Waals surface area contributed by atoms with Gasteiger partial charge in [-0.15, -0.1) is 0 Å². The quantitative estimate of drug-likeness (QED) is 0.846. The van der Waals surface area contributed by atoms with E-state index in [0.717, 1.165) is 11.1 Å². The van der Waals surface area contributed by atoms with Gasteiger partial charge in [0.1, 0.15) is 0 Å². The Morgan fingerprint density at radius 3 is 2.46 bits per heavy atom. The Labute approximate surface area is 142 Å². The van der Waals surface area contributed by atoms with Gasteiger partial charge in [0, 0.05) is 12.7 Å². The van der Waals surface area contributed by atoms with Gasteiger partial charge in [0.15, 0.2) is 11.5 Å². The summed E-state index contributed by atoms with van der Waals surface area (Å²) in [4.78, 5) is 12.5. The minimum absolute atomic E-state index is 0.129. The smallest absolute Gasteiger partial charge is 0.251 e. The van der Waals surface area contributed by atoms with Crippen molar-refractivity contribution in [1.82, 2.24) is 5.32 Å². The minimum atomic E-state index is -0.164. The molecule has 24 heavy (non-hydrogen) atoms. The van der Waals surface area contributed by atoms with Gasteiger partial charge in [0.25, 0.3) is 5.91 Å². The second kappa shape index (κ2) is 8.36. The van der Waals surface area contributed by atoms with Gasteiger partial charge < -0.3 is 19.5 Å². The van der Waals surface area contributed by atoms with E-state index in [9.17, 15) is 4.79 Å². The zero-order valence-corrected chi connectivity index (χ0v) is 14.5. The molecule has 1 unspecified atom stereocenters. The number of methoxy groups -OCH3 is 3. The molecule has 5 heteroatoms. The van der Waals surface area contributed by atoms with Crippen molar-refractivity contribution < 1.29 is 19.0 Å². The van der Waals surface area contributed by atoms with Gasteiger partial charge in [-0.3, -0.25) is 4.79 Å². The lowest BCUT2D eigenvalue weighted by molar-refractivity contribution is 0.0939. The number of hydrogen-bond donors (Lipinski definition) is 1. The van der Waals surface area contributed by atoms with Crippen molar-refractivity contribution >= 4 is 5.91 Å². The first kappa shape index (κ1) is 17.8. The van der Waals surface area contributed by atoms with Gasteiger partial charge in [-0.05, 0) is 42.3 Å². The predicted molar refractivity (Wildman–Crippen MR) is 92.6 cm³/mol. The molecule has 0 saturated carbocycles. The number of nitrogens with one attached hydrogen (secondary N) is 1. The highest BCUT2D eigenvalue weighted by Crippen LogP contribution is 2.29. The fraction of sp³-hybridized carbons (Fsp3) is 0.316. The highest BCUT2D eigenvalue weighted by atomic mass is 16.5. The average molecular weight is 329 g/mol. The summed E-state index contributed by atoms with van der Waals surface area (Å²) in [5, 5.41) is 2.99. The molecule has 1 atom stereocenters. The number of carbonyl (C=O) groups is 1. The second-order valence-electron chi connectivity index (χ2n) is 5.44. The molecule has 128 valence electrons. The normalized spacial score (nSPS) is 11.7. The van der Waals surface area contributed by atoms with Gasteiger partial charge in [0.05, 0.1) is 26.9 Å². The number of amides is 1. The molecule has 0 aromatic heterocycles. The summed E-state index contributed by atoms with van der Waals surface area (Å²) in [6, 6.07) is 12.8. The maximum atomic E-state index is 12.5. The third kappa shape index (κ3) is 4.26. The van der Waals surface area contributed by atoms with Crippen LogP contribution < -0.4 is 14.8 Å². The Kier molecular flexibility index (Phi) is 6.21. The van der Waals surface area contributed by atoms with Crippen molar-refractivity contribution in [3.8, 4) is 11.5 Å². The minimum Gasteiger partial charge on any atom is -0.493 e. The monoisotopic (exact) mass is 329 g/mol. The van der Waals surface area contributed by atoms with Crippen molar-refractivity contribution in [2.24, 2.45) is 0 Å². The average Bonchev–Trinajstić information content (AvgIpc) is 2.61. The van der Waals surface area contributed by atoms with E-state index >= 15 is 0 Å². The lowest BCUT2D eigenvalue weighted by atomic mass is 10.1. The number of hydrogen-bond acceptors (Lipinski definition) is 4. The number of benzene rings is 2. The van der Waals surface area contributed by atoms with E-state index in [-0.39, 0.29) is 11.9 Å². The number of carbonyl (C=O) groups excluding carboxylic acids is 1. The van der Waals surface area contributed by atoms with Crippen molar-refractivity contribution in [1.29, 1.82) is 0 Å². The first-order valence-corrected chi connectivity index (χ1v) is 7.69. The Morgan fingerprint density at radius 1 is 1.04 bits per heavy atom. The van der Waals surface area contributed by atoms with Crippen LogP contribution in [0.2, 0.25) is 0 Å². The van der Waals surface area contributed by atoms with Crippen LogP contribution in [0.3, 0.4) is 0 Å². The molecule has 2 aromatic rings. The van der Waals surface area contributed by atoms with Gasteiger partial charge in [-0.2, -0.15) is 0 Å². The van der Waals surface area contributed by atoms with Crippen LogP contribution >= 0.6 is 0 Å². The first-order valence-electron chi connectivity index (χ1n) is 7.69. The second-order valence-corrected chi connectivity index (χ2v) is 5.44. The van der Waals surface area contributed by atoms with Gasteiger partial charge in [-0.1, -0.05) is 18.2 Å². The molecule has 0 heterocycles. The van der Waals surface area contributed by atoms with Crippen LogP contribution in [0.15, 0.2) is 42.5 Å². The summed E-state index contributed by atoms with van der Waals surface area (Å²) in [7, 11) is 4.81. The van der Waals surface area contributed by atoms with Crippen LogP contribution in [-0.2, 0) is 11.3 Å². The fourth-order valence-electron chi connectivity index (χ4n) is 2.45. The zero-order chi connectivity index (χ0) is 17.5. The summed E-state index contributed by atoms with van der Waals surface area (Å²) in [6.07, 6.45) is 0. The summed E-state index contributed by atoms with van der Waals surface area (Å²) in [5.41, 5.74) is 2.51. The van der Waals surface area contributed by atoms with Crippen LogP contribution in [0, 0.1) is 0 Å². The number of ether oxygens (including phenoxy) is 3. The molecule has 0 fully saturated rings. The molecular weight excluding hydrogens is 306 g/mol. The molecule has 0 aliphatic rings. The highest BCUT2D eigenvalue weighted by molar-refractivity contribution is 5.94. The zero-order valence-electron chi connectivity index (χ0n) is 14.5. The standard InChI is InChI=1S/C19H23NO4/c1-13(15-8-9-17(23-3)18(11-15)24-4)20-19(21)16-7-5-6-14(10-16)12-22-2/h5-11,13H,12H2,1-4H3,(H,20,21). The predicted octanol–water partition coefficient (Wildman–Crippen LogP) is 3.34. The molecule has 0 aliphatic carbocycles. The molecule has 0 spiro atoms. The molecule has 5 nitrogen and oxygen atoms in total. The van der Waals surface area contributed by atoms with E-state index in [1.54, 1.807) is 27.4 Å². The summed E-state index contributed by atoms with van der Waals surface area (Å²) >= 11 is 0. The summed E-state index contributed by atoms with van der Waals surface area (Å²) in [5.74, 6) is 1.17. The van der Waals surface area contributed by atoms with Crippen LogP contribution in [0.1, 0.15) is 34.5 Å². The lowest BCUT2D eigenvalue weighted by Crippen LogP contribution is -2.26. The number of rotatable bonds is 7. The Balaban J connectivity index is 2.12. The maximum absolute atomic E-state index is 12.5. The van der Waals surface area contributed by atoms with Crippen molar-refractivity contribution in [2.45, 2.75) is 19.6 Å². The van der Waals surface area contributed by atoms with Crippen molar-refractivity contribution in [3.63, 3.8) is 0 Å². The molecule has 0 aliphatic heterocycles. The van der Waals surface area contributed by atoms with Crippen LogP contribution in [-0.4, -0.2) is 27.2 Å². The third-order valence-corrected chi connectivity index (χ3v) is 3.76. The van der Waals surface area contributed by atoms with Crippen LogP contribution in [0.5, 0.6) is 11.5 Å². The lowest BCUT2D eigenvalue weighted by Gasteiger charge is -2.17. The largest absolute Gasteiger partial charge is 0.493 e. The molecule has 2 aromatic carbocycles. The van der Waals surface area contributed by atoms with E-state index in [0.29, 0.717) is 23.7 Å². The summed E-state index contributed by atoms with van der Waals surface area (Å²) in [6.45, 7) is 2.41. The first-order chi connectivity index (χ1) is 11.6. The summed E-state index contributed by atoms with van der Waals surface area (Å²) < 4.78 is 15.6. The van der Waals surface area contributed by atoms with Crippen molar-refractivity contribution in [2.75, 3.05) is 21.3 Å². The molecule has 1 amide bonds. The van der Waals surface area contributed by atoms with Gasteiger partial charge in [-0.25, -0.2) is 0 Å².